The van der Waals surface area contributed by atoms with E-state index >= 15 is 0 Å². The number of hydrogen-bond donors (Lipinski definition) is 1. The minimum atomic E-state index is 0. The molecular formula is C21H38IN7. The molecule has 29 heavy (non-hydrogen) atoms. The summed E-state index contributed by atoms with van der Waals surface area (Å²) in [5, 5.41) is 3.61. The number of aliphatic imine (C=N–C) groups is 1. The SMILES string of the molecule is CCCC1(C)CCCN(C(=NC)NCCN2CCN(c3ncccn3)CC2)C1.I. The van der Waals surface area contributed by atoms with Gasteiger partial charge >= 0.3 is 0 Å². The predicted octanol–water partition coefficient (Wildman–Crippen LogP) is 2.69. The van der Waals surface area contributed by atoms with Gasteiger partial charge in [-0.2, -0.15) is 0 Å². The van der Waals surface area contributed by atoms with Crippen molar-refractivity contribution in [3.63, 3.8) is 0 Å². The summed E-state index contributed by atoms with van der Waals surface area (Å²) in [6.45, 7) is 13.0. The Morgan fingerprint density at radius 1 is 1.17 bits per heavy atom. The molecule has 0 radical (unpaired) electrons. The predicted molar refractivity (Wildman–Crippen MR) is 131 cm³/mol. The third-order valence-electron chi connectivity index (χ3n) is 6.06. The van der Waals surface area contributed by atoms with Crippen molar-refractivity contribution in [2.75, 3.05) is 64.3 Å². The van der Waals surface area contributed by atoms with E-state index in [0.29, 0.717) is 5.41 Å². The highest BCUT2D eigenvalue weighted by Crippen LogP contribution is 2.33. The standard InChI is InChI=1S/C21H37N7.HI/c1-4-7-21(2)8-5-12-28(18-21)19(22-3)25-11-13-26-14-16-27(17-15-26)20-23-9-6-10-24-20;/h6,9-10H,4-5,7-8,11-18H2,1-3H3,(H,22,25);1H. The maximum Gasteiger partial charge on any atom is 0.225 e. The first-order valence-corrected chi connectivity index (χ1v) is 10.8. The summed E-state index contributed by atoms with van der Waals surface area (Å²) < 4.78 is 0. The monoisotopic (exact) mass is 515 g/mol. The number of halogens is 1. The number of rotatable bonds is 6. The summed E-state index contributed by atoms with van der Waals surface area (Å²) in [6, 6.07) is 1.87. The summed E-state index contributed by atoms with van der Waals surface area (Å²) in [7, 11) is 1.91. The second-order valence-corrected chi connectivity index (χ2v) is 8.44. The lowest BCUT2D eigenvalue weighted by atomic mass is 9.78. The molecule has 0 bridgehead atoms. The third-order valence-corrected chi connectivity index (χ3v) is 6.06. The van der Waals surface area contributed by atoms with Gasteiger partial charge < -0.3 is 15.1 Å². The van der Waals surface area contributed by atoms with E-state index < -0.39 is 0 Å². The molecule has 0 aliphatic carbocycles. The van der Waals surface area contributed by atoms with E-state index in [1.54, 1.807) is 0 Å². The molecular weight excluding hydrogens is 477 g/mol. The number of guanidine groups is 1. The van der Waals surface area contributed by atoms with Gasteiger partial charge in [0, 0.05) is 71.8 Å². The molecule has 0 saturated carbocycles. The second kappa shape index (κ2) is 11.9. The van der Waals surface area contributed by atoms with E-state index in [9.17, 15) is 0 Å². The normalized spacial score (nSPS) is 23.6. The van der Waals surface area contributed by atoms with Crippen molar-refractivity contribution in [2.24, 2.45) is 10.4 Å². The van der Waals surface area contributed by atoms with Gasteiger partial charge in [-0.3, -0.25) is 9.89 Å². The van der Waals surface area contributed by atoms with Crippen LogP contribution in [0.15, 0.2) is 23.5 Å². The molecule has 0 spiro atoms. The van der Waals surface area contributed by atoms with Gasteiger partial charge in [0.05, 0.1) is 0 Å². The van der Waals surface area contributed by atoms with Crippen molar-refractivity contribution in [1.82, 2.24) is 25.1 Å². The molecule has 0 aromatic carbocycles. The van der Waals surface area contributed by atoms with Crippen molar-refractivity contribution in [3.8, 4) is 0 Å². The van der Waals surface area contributed by atoms with E-state index in [4.69, 9.17) is 0 Å². The first-order valence-electron chi connectivity index (χ1n) is 10.8. The van der Waals surface area contributed by atoms with E-state index in [0.717, 1.165) is 64.3 Å². The summed E-state index contributed by atoms with van der Waals surface area (Å²) in [6.07, 6.45) is 8.80. The van der Waals surface area contributed by atoms with Crippen LogP contribution in [0, 0.1) is 5.41 Å². The lowest BCUT2D eigenvalue weighted by Gasteiger charge is -2.42. The molecule has 1 atom stereocenters. The van der Waals surface area contributed by atoms with Crippen molar-refractivity contribution >= 4 is 35.9 Å². The molecule has 2 aliphatic rings. The lowest BCUT2D eigenvalue weighted by Crippen LogP contribution is -2.52. The topological polar surface area (TPSA) is 59.9 Å². The smallest absolute Gasteiger partial charge is 0.225 e. The number of hydrogen-bond acceptors (Lipinski definition) is 5. The average molecular weight is 515 g/mol. The summed E-state index contributed by atoms with van der Waals surface area (Å²) in [4.78, 5) is 20.5. The summed E-state index contributed by atoms with van der Waals surface area (Å²) in [5.74, 6) is 1.92. The number of nitrogens with zero attached hydrogens (tertiary/aromatic N) is 6. The number of piperazine rings is 1. The average Bonchev–Trinajstić information content (AvgIpc) is 2.72. The van der Waals surface area contributed by atoms with Crippen LogP contribution in [0.2, 0.25) is 0 Å². The molecule has 1 unspecified atom stereocenters. The van der Waals surface area contributed by atoms with Crippen molar-refractivity contribution in [3.05, 3.63) is 18.5 Å². The van der Waals surface area contributed by atoms with Gasteiger partial charge in [0.2, 0.25) is 5.95 Å². The van der Waals surface area contributed by atoms with Crippen LogP contribution in [-0.4, -0.2) is 85.1 Å². The molecule has 7 nitrogen and oxygen atoms in total. The maximum absolute atomic E-state index is 4.56. The number of piperidine rings is 1. The Balaban J connectivity index is 0.00000300. The van der Waals surface area contributed by atoms with E-state index in [-0.39, 0.29) is 24.0 Å². The van der Waals surface area contributed by atoms with E-state index in [1.807, 2.05) is 25.5 Å². The third kappa shape index (κ3) is 6.94. The highest BCUT2D eigenvalue weighted by molar-refractivity contribution is 14.0. The van der Waals surface area contributed by atoms with Crippen molar-refractivity contribution in [1.29, 1.82) is 0 Å². The molecule has 8 heteroatoms. The molecule has 3 rings (SSSR count). The Kier molecular flexibility index (Phi) is 9.88. The lowest BCUT2D eigenvalue weighted by molar-refractivity contribution is 0.142. The van der Waals surface area contributed by atoms with Crippen LogP contribution in [0.5, 0.6) is 0 Å². The van der Waals surface area contributed by atoms with E-state index in [1.165, 1.54) is 25.7 Å². The number of likely N-dealkylation sites (tertiary alicyclic amines) is 1. The number of nitrogens with one attached hydrogen (secondary N) is 1. The van der Waals surface area contributed by atoms with Crippen LogP contribution in [0.3, 0.4) is 0 Å². The number of anilines is 1. The fourth-order valence-electron chi connectivity index (χ4n) is 4.59. The second-order valence-electron chi connectivity index (χ2n) is 8.44. The zero-order chi connectivity index (χ0) is 19.8. The summed E-state index contributed by atoms with van der Waals surface area (Å²) >= 11 is 0. The first-order chi connectivity index (χ1) is 13.6. The fraction of sp³-hybridized carbons (Fsp3) is 0.762. The Bertz CT molecular complexity index is 615. The van der Waals surface area contributed by atoms with Crippen LogP contribution < -0.4 is 10.2 Å². The van der Waals surface area contributed by atoms with Gasteiger partial charge in [0.25, 0.3) is 0 Å². The van der Waals surface area contributed by atoms with Gasteiger partial charge in [-0.15, -0.1) is 24.0 Å². The van der Waals surface area contributed by atoms with Crippen LogP contribution >= 0.6 is 24.0 Å². The molecule has 1 aromatic heterocycles. The van der Waals surface area contributed by atoms with Crippen LogP contribution in [0.1, 0.15) is 39.5 Å². The highest BCUT2D eigenvalue weighted by atomic mass is 127. The minimum Gasteiger partial charge on any atom is -0.355 e. The number of aromatic nitrogens is 2. The molecule has 2 aliphatic heterocycles. The van der Waals surface area contributed by atoms with Crippen LogP contribution in [0.25, 0.3) is 0 Å². The van der Waals surface area contributed by atoms with E-state index in [2.05, 4.69) is 48.8 Å². The van der Waals surface area contributed by atoms with Crippen LogP contribution in [0.4, 0.5) is 5.95 Å². The Hall–Kier alpha value is -1.16. The van der Waals surface area contributed by atoms with Crippen molar-refractivity contribution in [2.45, 2.75) is 39.5 Å². The molecule has 0 amide bonds. The van der Waals surface area contributed by atoms with Gasteiger partial charge in [0.1, 0.15) is 0 Å². The molecule has 164 valence electrons. The Morgan fingerprint density at radius 3 is 2.55 bits per heavy atom. The van der Waals surface area contributed by atoms with Gasteiger partial charge in [-0.25, -0.2) is 9.97 Å². The zero-order valence-corrected chi connectivity index (χ0v) is 20.6. The van der Waals surface area contributed by atoms with Crippen LogP contribution in [-0.2, 0) is 0 Å². The van der Waals surface area contributed by atoms with Gasteiger partial charge in [0.15, 0.2) is 5.96 Å². The minimum absolute atomic E-state index is 0. The Labute approximate surface area is 193 Å². The maximum atomic E-state index is 4.56. The molecule has 2 saturated heterocycles. The zero-order valence-electron chi connectivity index (χ0n) is 18.3. The Morgan fingerprint density at radius 2 is 1.90 bits per heavy atom. The first kappa shape index (κ1) is 24.1. The quantitative estimate of drug-likeness (QED) is 0.357. The summed E-state index contributed by atoms with van der Waals surface area (Å²) in [5.41, 5.74) is 0.431. The molecule has 2 fully saturated rings. The molecule has 1 N–H and O–H groups in total. The largest absolute Gasteiger partial charge is 0.355 e. The molecule has 3 heterocycles. The van der Waals surface area contributed by atoms with Crippen molar-refractivity contribution < 1.29 is 0 Å². The van der Waals surface area contributed by atoms with Gasteiger partial charge in [-0.05, 0) is 30.7 Å². The molecule has 1 aromatic rings. The van der Waals surface area contributed by atoms with Gasteiger partial charge in [-0.1, -0.05) is 20.3 Å². The highest BCUT2D eigenvalue weighted by Gasteiger charge is 2.31. The fourth-order valence-corrected chi connectivity index (χ4v) is 4.59.